The van der Waals surface area contributed by atoms with E-state index in [1.165, 1.54) is 0 Å². The van der Waals surface area contributed by atoms with Gasteiger partial charge in [0.2, 0.25) is 0 Å². The Hall–Kier alpha value is -2.33. The summed E-state index contributed by atoms with van der Waals surface area (Å²) in [5.74, 6) is 1.09. The van der Waals surface area contributed by atoms with Gasteiger partial charge in [0, 0.05) is 12.0 Å². The summed E-state index contributed by atoms with van der Waals surface area (Å²) < 4.78 is 5.88. The van der Waals surface area contributed by atoms with Crippen LogP contribution in [-0.4, -0.2) is 34.6 Å². The number of likely N-dealkylation sites (tertiary alicyclic amines) is 1. The third-order valence-electron chi connectivity index (χ3n) is 4.92. The maximum atomic E-state index is 13.0. The third-order valence-corrected chi connectivity index (χ3v) is 4.92. The van der Waals surface area contributed by atoms with Crippen molar-refractivity contribution in [3.8, 4) is 11.5 Å². The molecule has 1 fully saturated rings. The molecule has 1 aliphatic rings. The van der Waals surface area contributed by atoms with Crippen LogP contribution in [0, 0.1) is 5.41 Å². The van der Waals surface area contributed by atoms with Gasteiger partial charge in [0.15, 0.2) is 0 Å². The van der Waals surface area contributed by atoms with Gasteiger partial charge >= 0.3 is 0 Å². The Bertz CT molecular complexity index is 722. The molecule has 2 aromatic rings. The van der Waals surface area contributed by atoms with Crippen LogP contribution >= 0.6 is 0 Å². The average molecular weight is 325 g/mol. The molecule has 1 aliphatic heterocycles. The van der Waals surface area contributed by atoms with E-state index in [9.17, 15) is 9.90 Å². The number of aliphatic hydroxyl groups is 1. The van der Waals surface area contributed by atoms with Crippen LogP contribution in [0.25, 0.3) is 0 Å². The Kier molecular flexibility index (Phi) is 4.10. The van der Waals surface area contributed by atoms with Gasteiger partial charge in [-0.15, -0.1) is 0 Å². The zero-order valence-electron chi connectivity index (χ0n) is 14.3. The smallest absolute Gasteiger partial charge is 0.257 e. The van der Waals surface area contributed by atoms with Crippen molar-refractivity contribution in [2.24, 2.45) is 5.41 Å². The van der Waals surface area contributed by atoms with Gasteiger partial charge in [-0.3, -0.25) is 4.79 Å². The van der Waals surface area contributed by atoms with Crippen molar-refractivity contribution in [2.75, 3.05) is 13.1 Å². The lowest BCUT2D eigenvalue weighted by Gasteiger charge is -2.30. The summed E-state index contributed by atoms with van der Waals surface area (Å²) in [6.45, 7) is 6.57. The van der Waals surface area contributed by atoms with E-state index in [1.807, 2.05) is 56.3 Å². The Morgan fingerprint density at radius 2 is 1.62 bits per heavy atom. The Morgan fingerprint density at radius 1 is 1.00 bits per heavy atom. The molecule has 1 amide bonds. The van der Waals surface area contributed by atoms with Gasteiger partial charge in [-0.25, -0.2) is 0 Å². The van der Waals surface area contributed by atoms with Gasteiger partial charge < -0.3 is 14.7 Å². The van der Waals surface area contributed by atoms with E-state index >= 15 is 0 Å². The molecule has 0 aliphatic carbocycles. The lowest BCUT2D eigenvalue weighted by Crippen LogP contribution is -2.40. The van der Waals surface area contributed by atoms with Crippen molar-refractivity contribution in [3.05, 3.63) is 60.2 Å². The van der Waals surface area contributed by atoms with Crippen molar-refractivity contribution in [3.63, 3.8) is 0 Å². The fourth-order valence-electron chi connectivity index (χ4n) is 2.95. The number of ether oxygens (including phenoxy) is 1. The van der Waals surface area contributed by atoms with E-state index in [1.54, 1.807) is 24.0 Å². The predicted octanol–water partition coefficient (Wildman–Crippen LogP) is 3.71. The fraction of sp³-hybridized carbons (Fsp3) is 0.350. The highest BCUT2D eigenvalue weighted by Gasteiger charge is 2.49. The molecule has 1 atom stereocenters. The van der Waals surface area contributed by atoms with Crippen molar-refractivity contribution in [1.29, 1.82) is 0 Å². The molecular weight excluding hydrogens is 302 g/mol. The summed E-state index contributed by atoms with van der Waals surface area (Å²) in [6.07, 6.45) is 0. The molecule has 4 heteroatoms. The molecule has 0 spiro atoms. The summed E-state index contributed by atoms with van der Waals surface area (Å²) in [4.78, 5) is 14.7. The van der Waals surface area contributed by atoms with Gasteiger partial charge in [0.25, 0.3) is 5.91 Å². The van der Waals surface area contributed by atoms with Gasteiger partial charge in [0.05, 0.1) is 17.7 Å². The number of para-hydroxylation sites is 2. The van der Waals surface area contributed by atoms with Gasteiger partial charge in [-0.2, -0.15) is 0 Å². The third kappa shape index (κ3) is 3.02. The minimum Gasteiger partial charge on any atom is -0.457 e. The second kappa shape index (κ2) is 5.95. The van der Waals surface area contributed by atoms with E-state index in [2.05, 4.69) is 0 Å². The number of β-amino-alcohol motifs (C(OH)–C–C–N with tert-alkyl or cyclic N) is 1. The average Bonchev–Trinajstić information content (AvgIpc) is 2.76. The lowest BCUT2D eigenvalue weighted by atomic mass is 9.79. The van der Waals surface area contributed by atoms with Crippen LogP contribution in [0.4, 0.5) is 0 Å². The van der Waals surface area contributed by atoms with Crippen LogP contribution in [0.1, 0.15) is 31.1 Å². The van der Waals surface area contributed by atoms with Crippen LogP contribution in [0.5, 0.6) is 11.5 Å². The highest BCUT2D eigenvalue weighted by Crippen LogP contribution is 2.39. The number of rotatable bonds is 3. The molecule has 126 valence electrons. The highest BCUT2D eigenvalue weighted by atomic mass is 16.5. The molecule has 4 nitrogen and oxygen atoms in total. The summed E-state index contributed by atoms with van der Waals surface area (Å²) in [7, 11) is 0. The first kappa shape index (κ1) is 16.5. The van der Waals surface area contributed by atoms with E-state index in [4.69, 9.17) is 4.74 Å². The van der Waals surface area contributed by atoms with E-state index < -0.39 is 5.60 Å². The minimum absolute atomic E-state index is 0.118. The Labute approximate surface area is 142 Å². The van der Waals surface area contributed by atoms with Gasteiger partial charge in [-0.1, -0.05) is 44.2 Å². The first-order chi connectivity index (χ1) is 11.3. The molecule has 3 rings (SSSR count). The lowest BCUT2D eigenvalue weighted by molar-refractivity contribution is -0.0108. The molecule has 1 heterocycles. The molecule has 1 N–H and O–H groups in total. The monoisotopic (exact) mass is 325 g/mol. The number of amides is 1. The molecular formula is C20H23NO3. The summed E-state index contributed by atoms with van der Waals surface area (Å²) >= 11 is 0. The number of carbonyl (C=O) groups excluding carboxylic acids is 1. The van der Waals surface area contributed by atoms with Crippen molar-refractivity contribution in [2.45, 2.75) is 26.4 Å². The quantitative estimate of drug-likeness (QED) is 0.936. The molecule has 0 aromatic heterocycles. The fourth-order valence-corrected chi connectivity index (χ4v) is 2.95. The SMILES string of the molecule is CC1(C)CN(C(=O)c2ccccc2Oc2ccccc2)CC1(C)O. The molecule has 0 radical (unpaired) electrons. The topological polar surface area (TPSA) is 49.8 Å². The zero-order valence-corrected chi connectivity index (χ0v) is 14.3. The van der Waals surface area contributed by atoms with Crippen LogP contribution in [0.2, 0.25) is 0 Å². The Balaban J connectivity index is 1.87. The van der Waals surface area contributed by atoms with Crippen LogP contribution in [0.15, 0.2) is 54.6 Å². The summed E-state index contributed by atoms with van der Waals surface area (Å²) in [6, 6.07) is 16.6. The zero-order chi connectivity index (χ0) is 17.4. The molecule has 1 unspecified atom stereocenters. The molecule has 1 saturated heterocycles. The predicted molar refractivity (Wildman–Crippen MR) is 93.3 cm³/mol. The molecule has 24 heavy (non-hydrogen) atoms. The standard InChI is InChI=1S/C20H23NO3/c1-19(2)13-21(14-20(19,3)23)18(22)16-11-7-8-12-17(16)24-15-9-5-4-6-10-15/h4-12,23H,13-14H2,1-3H3. The van der Waals surface area contributed by atoms with Crippen LogP contribution in [0.3, 0.4) is 0 Å². The van der Waals surface area contributed by atoms with E-state index in [0.717, 1.165) is 0 Å². The van der Waals surface area contributed by atoms with E-state index in [-0.39, 0.29) is 11.3 Å². The maximum absolute atomic E-state index is 13.0. The number of hydrogen-bond donors (Lipinski definition) is 1. The van der Waals surface area contributed by atoms with Crippen LogP contribution < -0.4 is 4.74 Å². The number of nitrogens with zero attached hydrogens (tertiary/aromatic N) is 1. The van der Waals surface area contributed by atoms with Crippen molar-refractivity contribution < 1.29 is 14.6 Å². The number of hydrogen-bond acceptors (Lipinski definition) is 3. The van der Waals surface area contributed by atoms with Gasteiger partial charge in [-0.05, 0) is 31.2 Å². The molecule has 2 aromatic carbocycles. The first-order valence-corrected chi connectivity index (χ1v) is 8.14. The van der Waals surface area contributed by atoms with Gasteiger partial charge in [0.1, 0.15) is 11.5 Å². The summed E-state index contributed by atoms with van der Waals surface area (Å²) in [5, 5.41) is 10.6. The second-order valence-corrected chi connectivity index (χ2v) is 7.23. The molecule has 0 saturated carbocycles. The summed E-state index contributed by atoms with van der Waals surface area (Å²) in [5.41, 5.74) is -0.745. The Morgan fingerprint density at radius 3 is 2.25 bits per heavy atom. The minimum atomic E-state index is -0.905. The number of benzene rings is 2. The normalized spacial score (nSPS) is 22.4. The largest absolute Gasteiger partial charge is 0.457 e. The molecule has 0 bridgehead atoms. The van der Waals surface area contributed by atoms with Crippen molar-refractivity contribution in [1.82, 2.24) is 4.90 Å². The second-order valence-electron chi connectivity index (χ2n) is 7.23. The van der Waals surface area contributed by atoms with Crippen molar-refractivity contribution >= 4 is 5.91 Å². The maximum Gasteiger partial charge on any atom is 0.257 e. The number of carbonyl (C=O) groups is 1. The van der Waals surface area contributed by atoms with Crippen LogP contribution in [-0.2, 0) is 0 Å². The highest BCUT2D eigenvalue weighted by molar-refractivity contribution is 5.97. The first-order valence-electron chi connectivity index (χ1n) is 8.14. The van der Waals surface area contributed by atoms with E-state index in [0.29, 0.717) is 30.2 Å².